The van der Waals surface area contributed by atoms with E-state index >= 15 is 0 Å². The van der Waals surface area contributed by atoms with Gasteiger partial charge in [0.25, 0.3) is 0 Å². The molecule has 1 atom stereocenters. The van der Waals surface area contributed by atoms with Crippen molar-refractivity contribution in [3.63, 3.8) is 0 Å². The van der Waals surface area contributed by atoms with E-state index in [1.807, 2.05) is 24.3 Å². The average Bonchev–Trinajstić information content (AvgIpc) is 3.11. The summed E-state index contributed by atoms with van der Waals surface area (Å²) in [6, 6.07) is 19.9. The third-order valence-electron chi connectivity index (χ3n) is 5.55. The molecule has 1 aromatic heterocycles. The van der Waals surface area contributed by atoms with Crippen molar-refractivity contribution in [3.05, 3.63) is 102 Å². The maximum atomic E-state index is 12.3. The second-order valence-electron chi connectivity index (χ2n) is 7.55. The Morgan fingerprint density at radius 1 is 0.968 bits per heavy atom. The van der Waals surface area contributed by atoms with Gasteiger partial charge >= 0.3 is 11.9 Å². The molecule has 0 saturated carbocycles. The van der Waals surface area contributed by atoms with Crippen LogP contribution in [-0.4, -0.2) is 28.6 Å². The Balaban J connectivity index is 1.36. The zero-order valence-electron chi connectivity index (χ0n) is 17.0. The number of benzene rings is 2. The molecule has 1 aliphatic carbocycles. The topological polar surface area (TPSA) is 76.5 Å². The molecule has 0 amide bonds. The lowest BCUT2D eigenvalue weighted by atomic mass is 9.98. The summed E-state index contributed by atoms with van der Waals surface area (Å²) in [5.41, 5.74) is 5.57. The summed E-state index contributed by atoms with van der Waals surface area (Å²) in [5.74, 6) is -1.99. The molecule has 156 valence electrons. The standard InChI is InChI=1S/C26H23NO4/c28-25(11-5-6-19(26(29)30)16-18-12-14-27-15-13-18)31-17-24-22-9-3-1-7-20(22)21-8-2-4-10-23(21)24/h1-10,12-15,19,24H,11,16-17H2,(H,29,30)/b6-5+. The summed E-state index contributed by atoms with van der Waals surface area (Å²) >= 11 is 0. The van der Waals surface area contributed by atoms with E-state index in [1.54, 1.807) is 36.7 Å². The molecule has 3 aromatic rings. The van der Waals surface area contributed by atoms with E-state index in [0.29, 0.717) is 6.42 Å². The SMILES string of the molecule is O=C(C/C=C/C(Cc1ccncc1)C(=O)O)OCC1c2ccccc2-c2ccccc21. The molecule has 1 N–H and O–H groups in total. The summed E-state index contributed by atoms with van der Waals surface area (Å²) in [6.07, 6.45) is 6.79. The fourth-order valence-electron chi connectivity index (χ4n) is 4.01. The van der Waals surface area contributed by atoms with Gasteiger partial charge in [0.15, 0.2) is 0 Å². The van der Waals surface area contributed by atoms with Gasteiger partial charge in [0.1, 0.15) is 6.61 Å². The normalized spacial score (nSPS) is 13.5. The molecule has 2 aromatic carbocycles. The molecule has 0 bridgehead atoms. The number of carboxylic acids is 1. The molecule has 1 unspecified atom stereocenters. The first-order valence-corrected chi connectivity index (χ1v) is 10.3. The van der Waals surface area contributed by atoms with Crippen molar-refractivity contribution in [1.29, 1.82) is 0 Å². The molecule has 1 aliphatic rings. The summed E-state index contributed by atoms with van der Waals surface area (Å²) < 4.78 is 5.55. The van der Waals surface area contributed by atoms with Crippen molar-refractivity contribution in [3.8, 4) is 11.1 Å². The van der Waals surface area contributed by atoms with E-state index in [-0.39, 0.29) is 24.9 Å². The second-order valence-corrected chi connectivity index (χ2v) is 7.55. The van der Waals surface area contributed by atoms with Crippen LogP contribution in [0.1, 0.15) is 29.0 Å². The lowest BCUT2D eigenvalue weighted by molar-refractivity contribution is -0.143. The smallest absolute Gasteiger partial charge is 0.310 e. The third-order valence-corrected chi connectivity index (χ3v) is 5.55. The predicted octanol–water partition coefficient (Wildman–Crippen LogP) is 4.63. The first-order valence-electron chi connectivity index (χ1n) is 10.3. The van der Waals surface area contributed by atoms with Crippen LogP contribution >= 0.6 is 0 Å². The Bertz CT molecular complexity index is 1060. The quantitative estimate of drug-likeness (QED) is 0.430. The maximum Gasteiger partial charge on any atom is 0.310 e. The van der Waals surface area contributed by atoms with Gasteiger partial charge in [-0.15, -0.1) is 0 Å². The molecule has 0 saturated heterocycles. The van der Waals surface area contributed by atoms with Crippen LogP contribution < -0.4 is 0 Å². The van der Waals surface area contributed by atoms with E-state index in [1.165, 1.54) is 11.1 Å². The van der Waals surface area contributed by atoms with Gasteiger partial charge in [-0.3, -0.25) is 14.6 Å². The van der Waals surface area contributed by atoms with Crippen molar-refractivity contribution in [2.45, 2.75) is 18.8 Å². The van der Waals surface area contributed by atoms with Crippen molar-refractivity contribution in [2.75, 3.05) is 6.61 Å². The number of carboxylic acid groups (broad SMARTS) is 1. The van der Waals surface area contributed by atoms with Crippen molar-refractivity contribution >= 4 is 11.9 Å². The van der Waals surface area contributed by atoms with Gasteiger partial charge in [0.2, 0.25) is 0 Å². The van der Waals surface area contributed by atoms with Crippen LogP contribution in [-0.2, 0) is 20.7 Å². The highest BCUT2D eigenvalue weighted by atomic mass is 16.5. The van der Waals surface area contributed by atoms with Gasteiger partial charge < -0.3 is 9.84 Å². The van der Waals surface area contributed by atoms with Gasteiger partial charge in [-0.25, -0.2) is 0 Å². The minimum absolute atomic E-state index is 0.0128. The molecule has 0 spiro atoms. The summed E-state index contributed by atoms with van der Waals surface area (Å²) in [4.78, 5) is 27.8. The van der Waals surface area contributed by atoms with Crippen LogP contribution in [0.25, 0.3) is 11.1 Å². The van der Waals surface area contributed by atoms with Crippen molar-refractivity contribution < 1.29 is 19.4 Å². The second kappa shape index (κ2) is 9.39. The Kier molecular flexibility index (Phi) is 6.22. The van der Waals surface area contributed by atoms with Crippen molar-refractivity contribution in [2.24, 2.45) is 5.92 Å². The summed E-state index contributed by atoms with van der Waals surface area (Å²) in [6.45, 7) is 0.264. The number of rotatable bonds is 8. The number of carbonyl (C=O) groups is 2. The number of ether oxygens (including phenoxy) is 1. The van der Waals surface area contributed by atoms with Gasteiger partial charge in [0.05, 0.1) is 12.3 Å². The van der Waals surface area contributed by atoms with E-state index in [4.69, 9.17) is 4.74 Å². The highest BCUT2D eigenvalue weighted by molar-refractivity contribution is 5.79. The molecule has 5 heteroatoms. The molecule has 0 fully saturated rings. The number of nitrogens with zero attached hydrogens (tertiary/aromatic N) is 1. The largest absolute Gasteiger partial charge is 0.481 e. The third kappa shape index (κ3) is 4.72. The Morgan fingerprint density at radius 2 is 1.58 bits per heavy atom. The number of aliphatic carboxylic acids is 1. The number of carbonyl (C=O) groups excluding carboxylic acids is 1. The molecule has 5 nitrogen and oxygen atoms in total. The van der Waals surface area contributed by atoms with Crippen LogP contribution in [0, 0.1) is 5.92 Å². The maximum absolute atomic E-state index is 12.3. The highest BCUT2D eigenvalue weighted by Crippen LogP contribution is 2.44. The lowest BCUT2D eigenvalue weighted by Gasteiger charge is -2.14. The molecule has 1 heterocycles. The molecule has 0 aliphatic heterocycles. The van der Waals surface area contributed by atoms with Crippen molar-refractivity contribution in [1.82, 2.24) is 4.98 Å². The number of hydrogen-bond acceptors (Lipinski definition) is 4. The minimum Gasteiger partial charge on any atom is -0.481 e. The van der Waals surface area contributed by atoms with Crippen LogP contribution in [0.5, 0.6) is 0 Å². The van der Waals surface area contributed by atoms with E-state index in [2.05, 4.69) is 29.2 Å². The van der Waals surface area contributed by atoms with Gasteiger partial charge in [-0.1, -0.05) is 60.7 Å². The first-order chi connectivity index (χ1) is 15.1. The average molecular weight is 413 g/mol. The Morgan fingerprint density at radius 3 is 2.19 bits per heavy atom. The monoisotopic (exact) mass is 413 g/mol. The molecular weight excluding hydrogens is 390 g/mol. The fourth-order valence-corrected chi connectivity index (χ4v) is 4.01. The fraction of sp³-hybridized carbons (Fsp3) is 0.192. The zero-order valence-corrected chi connectivity index (χ0v) is 17.0. The number of esters is 1. The zero-order chi connectivity index (χ0) is 21.6. The highest BCUT2D eigenvalue weighted by Gasteiger charge is 2.28. The van der Waals surface area contributed by atoms with E-state index in [9.17, 15) is 14.7 Å². The molecule has 4 rings (SSSR count). The van der Waals surface area contributed by atoms with Crippen LogP contribution in [0.15, 0.2) is 85.2 Å². The van der Waals surface area contributed by atoms with Crippen LogP contribution in [0.4, 0.5) is 0 Å². The van der Waals surface area contributed by atoms with Gasteiger partial charge in [0, 0.05) is 18.3 Å². The summed E-state index contributed by atoms with van der Waals surface area (Å²) in [5, 5.41) is 9.45. The Hall–Kier alpha value is -3.73. The summed E-state index contributed by atoms with van der Waals surface area (Å²) in [7, 11) is 0. The molecule has 0 radical (unpaired) electrons. The van der Waals surface area contributed by atoms with Crippen LogP contribution in [0.2, 0.25) is 0 Å². The van der Waals surface area contributed by atoms with Crippen LogP contribution in [0.3, 0.4) is 0 Å². The van der Waals surface area contributed by atoms with Gasteiger partial charge in [-0.2, -0.15) is 0 Å². The number of hydrogen-bond donors (Lipinski definition) is 1. The number of pyridine rings is 1. The van der Waals surface area contributed by atoms with E-state index in [0.717, 1.165) is 16.7 Å². The molecule has 31 heavy (non-hydrogen) atoms. The number of aromatic nitrogens is 1. The number of fused-ring (bicyclic) bond motifs is 3. The Labute approximate surface area is 181 Å². The lowest BCUT2D eigenvalue weighted by Crippen LogP contribution is -2.14. The predicted molar refractivity (Wildman–Crippen MR) is 118 cm³/mol. The molecular formula is C26H23NO4. The van der Waals surface area contributed by atoms with Gasteiger partial charge in [-0.05, 0) is 46.4 Å². The minimum atomic E-state index is -0.930. The van der Waals surface area contributed by atoms with E-state index < -0.39 is 11.9 Å². The first kappa shape index (κ1) is 20.5.